The lowest BCUT2D eigenvalue weighted by molar-refractivity contribution is 0.102. The Morgan fingerprint density at radius 1 is 1.00 bits per heavy atom. The van der Waals surface area contributed by atoms with E-state index in [0.717, 1.165) is 0 Å². The molecule has 0 fully saturated rings. The first-order valence-corrected chi connectivity index (χ1v) is 5.89. The highest BCUT2D eigenvalue weighted by Crippen LogP contribution is 2.21. The van der Waals surface area contributed by atoms with Crippen LogP contribution in [0.15, 0.2) is 46.9 Å². The van der Waals surface area contributed by atoms with Crippen molar-refractivity contribution in [2.24, 2.45) is 0 Å². The molecule has 2 nitrogen and oxygen atoms in total. The number of anilines is 1. The fourth-order valence-corrected chi connectivity index (χ4v) is 1.98. The monoisotopic (exact) mass is 311 g/mol. The van der Waals surface area contributed by atoms with E-state index in [-0.39, 0.29) is 11.3 Å². The summed E-state index contributed by atoms with van der Waals surface area (Å²) in [6.07, 6.45) is 0. The summed E-state index contributed by atoms with van der Waals surface area (Å²) in [6.45, 7) is 0. The van der Waals surface area contributed by atoms with Crippen molar-refractivity contribution in [3.63, 3.8) is 0 Å². The molecule has 18 heavy (non-hydrogen) atoms. The van der Waals surface area contributed by atoms with Gasteiger partial charge in [-0.05, 0) is 40.2 Å². The fraction of sp³-hybridized carbons (Fsp3) is 0. The van der Waals surface area contributed by atoms with Crippen LogP contribution in [0.5, 0.6) is 0 Å². The summed E-state index contributed by atoms with van der Waals surface area (Å²) in [5, 5.41) is 2.32. The fourth-order valence-electron chi connectivity index (χ4n) is 1.46. The van der Waals surface area contributed by atoms with E-state index in [0.29, 0.717) is 4.47 Å². The smallest absolute Gasteiger partial charge is 0.259 e. The van der Waals surface area contributed by atoms with Crippen LogP contribution in [0.1, 0.15) is 10.4 Å². The number of carbonyl (C=O) groups excluding carboxylic acids is 1. The normalized spacial score (nSPS) is 10.2. The molecule has 0 saturated carbocycles. The number of rotatable bonds is 2. The largest absolute Gasteiger partial charge is 0.319 e. The van der Waals surface area contributed by atoms with Crippen LogP contribution < -0.4 is 5.32 Å². The van der Waals surface area contributed by atoms with Gasteiger partial charge < -0.3 is 5.32 Å². The Labute approximate surface area is 111 Å². The Bertz CT molecular complexity index is 581. The lowest BCUT2D eigenvalue weighted by Crippen LogP contribution is -2.15. The van der Waals surface area contributed by atoms with Gasteiger partial charge in [0.2, 0.25) is 0 Å². The highest BCUT2D eigenvalue weighted by Gasteiger charge is 2.16. The zero-order valence-electron chi connectivity index (χ0n) is 9.08. The third-order valence-corrected chi connectivity index (χ3v) is 2.97. The molecule has 0 heterocycles. The molecule has 1 N–H and O–H groups in total. The van der Waals surface area contributed by atoms with Crippen molar-refractivity contribution in [3.8, 4) is 0 Å². The molecule has 0 radical (unpaired) electrons. The molecule has 0 aliphatic heterocycles. The average Bonchev–Trinajstić information content (AvgIpc) is 2.32. The zero-order chi connectivity index (χ0) is 13.1. The summed E-state index contributed by atoms with van der Waals surface area (Å²) in [6, 6.07) is 9.88. The molecule has 2 rings (SSSR count). The van der Waals surface area contributed by atoms with E-state index in [4.69, 9.17) is 0 Å². The van der Waals surface area contributed by atoms with Crippen LogP contribution >= 0.6 is 15.9 Å². The van der Waals surface area contributed by atoms with Gasteiger partial charge in [-0.2, -0.15) is 0 Å². The van der Waals surface area contributed by atoms with Crippen molar-refractivity contribution in [1.29, 1.82) is 0 Å². The van der Waals surface area contributed by atoms with Crippen LogP contribution in [-0.4, -0.2) is 5.91 Å². The number of hydrogen-bond donors (Lipinski definition) is 1. The lowest BCUT2D eigenvalue weighted by Gasteiger charge is -2.08. The minimum Gasteiger partial charge on any atom is -0.319 e. The molecular weight excluding hydrogens is 304 g/mol. The van der Waals surface area contributed by atoms with Crippen molar-refractivity contribution in [3.05, 3.63) is 64.1 Å². The minimum absolute atomic E-state index is 0.0117. The molecule has 0 aromatic heterocycles. The lowest BCUT2D eigenvalue weighted by atomic mass is 10.2. The number of para-hydroxylation sites is 1. The second kappa shape index (κ2) is 5.27. The number of amides is 1. The summed E-state index contributed by atoms with van der Waals surface area (Å²) < 4.78 is 27.2. The van der Waals surface area contributed by atoms with E-state index < -0.39 is 17.5 Å². The Morgan fingerprint density at radius 3 is 2.33 bits per heavy atom. The van der Waals surface area contributed by atoms with E-state index in [1.54, 1.807) is 12.1 Å². The van der Waals surface area contributed by atoms with Gasteiger partial charge in [0.05, 0.1) is 11.3 Å². The second-order valence-electron chi connectivity index (χ2n) is 3.53. The minimum atomic E-state index is -0.704. The summed E-state index contributed by atoms with van der Waals surface area (Å²) >= 11 is 3.09. The number of benzene rings is 2. The van der Waals surface area contributed by atoms with Crippen LogP contribution in [-0.2, 0) is 0 Å². The Kier molecular flexibility index (Phi) is 3.72. The van der Waals surface area contributed by atoms with Crippen molar-refractivity contribution >= 4 is 27.5 Å². The molecule has 2 aromatic carbocycles. The first kappa shape index (κ1) is 12.7. The van der Waals surface area contributed by atoms with Crippen molar-refractivity contribution < 1.29 is 13.6 Å². The second-order valence-corrected chi connectivity index (χ2v) is 4.38. The first-order valence-electron chi connectivity index (χ1n) is 5.09. The molecule has 0 atom stereocenters. The Hall–Kier alpha value is -1.75. The molecule has 0 spiro atoms. The molecule has 92 valence electrons. The Morgan fingerprint density at radius 2 is 1.67 bits per heavy atom. The highest BCUT2D eigenvalue weighted by molar-refractivity contribution is 9.10. The van der Waals surface area contributed by atoms with Crippen LogP contribution in [0.25, 0.3) is 0 Å². The quantitative estimate of drug-likeness (QED) is 0.893. The average molecular weight is 312 g/mol. The molecular formula is C13H8BrF2NO. The third kappa shape index (κ3) is 2.56. The van der Waals surface area contributed by atoms with Crippen molar-refractivity contribution in [2.75, 3.05) is 5.32 Å². The van der Waals surface area contributed by atoms with Crippen LogP contribution in [0.4, 0.5) is 14.5 Å². The van der Waals surface area contributed by atoms with Crippen LogP contribution in [0.2, 0.25) is 0 Å². The number of halogens is 3. The molecule has 0 unspecified atom stereocenters. The maximum absolute atomic E-state index is 13.5. The SMILES string of the molecule is O=C(Nc1ccccc1F)c1c(F)cccc1Br. The maximum atomic E-state index is 13.5. The van der Waals surface area contributed by atoms with E-state index in [2.05, 4.69) is 21.2 Å². The van der Waals surface area contributed by atoms with Gasteiger partial charge in [0.25, 0.3) is 5.91 Å². The predicted octanol–water partition coefficient (Wildman–Crippen LogP) is 3.98. The van der Waals surface area contributed by atoms with E-state index in [1.165, 1.54) is 30.3 Å². The first-order chi connectivity index (χ1) is 8.59. The molecule has 0 bridgehead atoms. The van der Waals surface area contributed by atoms with Gasteiger partial charge in [-0.15, -0.1) is 0 Å². The van der Waals surface area contributed by atoms with Gasteiger partial charge in [0.15, 0.2) is 0 Å². The third-order valence-electron chi connectivity index (χ3n) is 2.31. The number of nitrogens with one attached hydrogen (secondary N) is 1. The summed E-state index contributed by atoms with van der Waals surface area (Å²) in [5.74, 6) is -1.94. The molecule has 5 heteroatoms. The standard InChI is InChI=1S/C13H8BrF2NO/c14-8-4-3-6-10(16)12(8)13(18)17-11-7-2-1-5-9(11)15/h1-7H,(H,17,18). The van der Waals surface area contributed by atoms with Gasteiger partial charge in [-0.25, -0.2) is 8.78 Å². The summed E-state index contributed by atoms with van der Waals surface area (Å²) in [5.41, 5.74) is -0.140. The summed E-state index contributed by atoms with van der Waals surface area (Å²) in [7, 11) is 0. The van der Waals surface area contributed by atoms with Crippen LogP contribution in [0, 0.1) is 11.6 Å². The van der Waals surface area contributed by atoms with Crippen molar-refractivity contribution in [1.82, 2.24) is 0 Å². The van der Waals surface area contributed by atoms with Crippen LogP contribution in [0.3, 0.4) is 0 Å². The number of hydrogen-bond acceptors (Lipinski definition) is 1. The molecule has 0 aliphatic carbocycles. The Balaban J connectivity index is 2.31. The number of carbonyl (C=O) groups is 1. The van der Waals surface area contributed by atoms with Crippen molar-refractivity contribution in [2.45, 2.75) is 0 Å². The van der Waals surface area contributed by atoms with Gasteiger partial charge in [-0.3, -0.25) is 4.79 Å². The maximum Gasteiger partial charge on any atom is 0.259 e. The highest BCUT2D eigenvalue weighted by atomic mass is 79.9. The van der Waals surface area contributed by atoms with Gasteiger partial charge in [-0.1, -0.05) is 18.2 Å². The predicted molar refractivity (Wildman–Crippen MR) is 68.5 cm³/mol. The summed E-state index contributed by atoms with van der Waals surface area (Å²) in [4.78, 5) is 11.9. The molecule has 1 amide bonds. The molecule has 0 saturated heterocycles. The molecule has 2 aromatic rings. The van der Waals surface area contributed by atoms with E-state index in [9.17, 15) is 13.6 Å². The van der Waals surface area contributed by atoms with Gasteiger partial charge in [0.1, 0.15) is 11.6 Å². The van der Waals surface area contributed by atoms with Gasteiger partial charge >= 0.3 is 0 Å². The molecule has 0 aliphatic rings. The van der Waals surface area contributed by atoms with E-state index >= 15 is 0 Å². The van der Waals surface area contributed by atoms with Gasteiger partial charge in [0, 0.05) is 4.47 Å². The zero-order valence-corrected chi connectivity index (χ0v) is 10.7. The van der Waals surface area contributed by atoms with E-state index in [1.807, 2.05) is 0 Å². The topological polar surface area (TPSA) is 29.1 Å².